The maximum atomic E-state index is 14.5. The van der Waals surface area contributed by atoms with Crippen LogP contribution in [0.3, 0.4) is 0 Å². The van der Waals surface area contributed by atoms with Crippen molar-refractivity contribution in [3.8, 4) is 0 Å². The third-order valence-electron chi connectivity index (χ3n) is 4.35. The molecule has 0 aliphatic carbocycles. The van der Waals surface area contributed by atoms with Gasteiger partial charge in [-0.05, 0) is 25.0 Å². The van der Waals surface area contributed by atoms with E-state index in [1.54, 1.807) is 18.3 Å². The Hall–Kier alpha value is -1.28. The summed E-state index contributed by atoms with van der Waals surface area (Å²) in [7, 11) is 0. The fraction of sp³-hybridized carbons (Fsp3) is 0.312. The molecular formula is C16H15BrCl2FN5. The molecule has 3 aliphatic heterocycles. The number of nitrogens with one attached hydrogen (secondary N) is 1. The van der Waals surface area contributed by atoms with Crippen LogP contribution in [-0.4, -0.2) is 41.3 Å². The Kier molecular flexibility index (Phi) is 5.58. The molecule has 0 spiro atoms. The molecule has 1 aromatic rings. The highest BCUT2D eigenvalue weighted by atomic mass is 79.9. The van der Waals surface area contributed by atoms with Crippen LogP contribution >= 0.6 is 27.5 Å². The van der Waals surface area contributed by atoms with Gasteiger partial charge in [0.25, 0.3) is 0 Å². The van der Waals surface area contributed by atoms with Crippen LogP contribution in [0, 0.1) is 5.82 Å². The first-order valence-electron chi connectivity index (χ1n) is 7.75. The summed E-state index contributed by atoms with van der Waals surface area (Å²) in [5.41, 5.74) is 1.03. The van der Waals surface area contributed by atoms with E-state index in [1.807, 2.05) is 0 Å². The summed E-state index contributed by atoms with van der Waals surface area (Å²) in [4.78, 5) is 11.3. The predicted octanol–water partition coefficient (Wildman–Crippen LogP) is -0.707. The minimum atomic E-state index is -0.361. The first kappa shape index (κ1) is 18.5. The maximum Gasteiger partial charge on any atom is 0.362 e. The van der Waals surface area contributed by atoms with Crippen LogP contribution in [0.15, 0.2) is 39.1 Å². The Morgan fingerprint density at radius 2 is 2.04 bits per heavy atom. The summed E-state index contributed by atoms with van der Waals surface area (Å²) in [5, 5.41) is 5.43. The number of likely N-dealkylation sites (tertiary alicyclic amines) is 1. The molecule has 5 nitrogen and oxygen atoms in total. The van der Waals surface area contributed by atoms with Crippen LogP contribution in [0.4, 0.5) is 4.39 Å². The molecule has 1 fully saturated rings. The molecule has 25 heavy (non-hydrogen) atoms. The van der Waals surface area contributed by atoms with E-state index in [-0.39, 0.29) is 18.2 Å². The van der Waals surface area contributed by atoms with E-state index in [1.165, 1.54) is 12.4 Å². The van der Waals surface area contributed by atoms with Gasteiger partial charge in [-0.1, -0.05) is 43.7 Å². The van der Waals surface area contributed by atoms with Gasteiger partial charge in [0.1, 0.15) is 5.82 Å². The Balaban J connectivity index is 0.00000182. The van der Waals surface area contributed by atoms with E-state index in [0.717, 1.165) is 31.8 Å². The van der Waals surface area contributed by atoms with E-state index in [0.29, 0.717) is 32.0 Å². The fourth-order valence-corrected chi connectivity index (χ4v) is 3.84. The normalized spacial score (nSPS) is 22.8. The predicted molar refractivity (Wildman–Crippen MR) is 97.2 cm³/mol. The zero-order valence-corrected chi connectivity index (χ0v) is 16.2. The van der Waals surface area contributed by atoms with Gasteiger partial charge < -0.3 is 17.3 Å². The standard InChI is InChI=1S/C16H14BrClFN5.ClH/c17-10-4-6-23(7-5-10)15-11(8-20-16-21-9-22-24(15)16)14-12(18)2-1-3-13(14)19;/h1-3,8-10H,4-7H2;1H. The van der Waals surface area contributed by atoms with Gasteiger partial charge in [-0.25, -0.2) is 4.39 Å². The molecule has 0 saturated carbocycles. The largest absolute Gasteiger partial charge is 1.00 e. The van der Waals surface area contributed by atoms with Crippen LogP contribution < -0.4 is 17.4 Å². The Bertz CT molecular complexity index is 779. The van der Waals surface area contributed by atoms with Crippen molar-refractivity contribution in [1.29, 1.82) is 0 Å². The second-order valence-electron chi connectivity index (χ2n) is 5.82. The van der Waals surface area contributed by atoms with Gasteiger partial charge in [-0.2, -0.15) is 9.98 Å². The first-order chi connectivity index (χ1) is 11.6. The molecule has 0 radical (unpaired) electrons. The first-order valence-corrected chi connectivity index (χ1v) is 9.04. The Labute approximate surface area is 164 Å². The lowest BCUT2D eigenvalue weighted by Gasteiger charge is -2.34. The van der Waals surface area contributed by atoms with E-state index >= 15 is 0 Å². The molecule has 132 valence electrons. The second kappa shape index (κ2) is 7.53. The smallest absolute Gasteiger partial charge is 0.362 e. The molecule has 4 rings (SSSR count). The monoisotopic (exact) mass is 445 g/mol. The van der Waals surface area contributed by atoms with Gasteiger partial charge in [0, 0.05) is 23.5 Å². The lowest BCUT2D eigenvalue weighted by Crippen LogP contribution is -3.09. The number of fused-ring (bicyclic) bond motifs is 1. The topological polar surface area (TPSA) is 44.8 Å². The number of aliphatic imine (C=N–C) groups is 2. The number of nitrogens with zero attached hydrogens (tertiary/aromatic N) is 4. The SMILES string of the molecule is Fc1cccc(Cl)c1C1=C(N2CCC(Br)CC2)[NH+]2N=CN=C2N=C1.[Cl-]. The lowest BCUT2D eigenvalue weighted by molar-refractivity contribution is -0.778. The second-order valence-corrected chi connectivity index (χ2v) is 7.53. The highest BCUT2D eigenvalue weighted by Crippen LogP contribution is 2.30. The number of hydrogen-bond acceptors (Lipinski definition) is 4. The van der Waals surface area contributed by atoms with Crippen molar-refractivity contribution < 1.29 is 21.8 Å². The summed E-state index contributed by atoms with van der Waals surface area (Å²) < 4.78 is 14.5. The zero-order valence-electron chi connectivity index (χ0n) is 13.1. The molecule has 1 atom stereocenters. The Morgan fingerprint density at radius 1 is 1.28 bits per heavy atom. The Morgan fingerprint density at radius 3 is 2.76 bits per heavy atom. The van der Waals surface area contributed by atoms with Crippen LogP contribution in [0.1, 0.15) is 18.4 Å². The third-order valence-corrected chi connectivity index (χ3v) is 5.58. The van der Waals surface area contributed by atoms with Crippen LogP contribution in [0.2, 0.25) is 5.02 Å². The highest BCUT2D eigenvalue weighted by Gasteiger charge is 2.38. The fourth-order valence-electron chi connectivity index (χ4n) is 3.17. The third kappa shape index (κ3) is 3.38. The van der Waals surface area contributed by atoms with Crippen molar-refractivity contribution in [2.24, 2.45) is 15.1 Å². The summed E-state index contributed by atoms with van der Waals surface area (Å²) >= 11 is 9.96. The molecular weight excluding hydrogens is 432 g/mol. The molecule has 1 aromatic carbocycles. The average Bonchev–Trinajstić information content (AvgIpc) is 3.04. The summed E-state index contributed by atoms with van der Waals surface area (Å²) in [6, 6.07) is 4.71. The number of alkyl halides is 1. The van der Waals surface area contributed by atoms with Crippen LogP contribution in [-0.2, 0) is 0 Å². The van der Waals surface area contributed by atoms with Crippen molar-refractivity contribution >= 4 is 51.6 Å². The van der Waals surface area contributed by atoms with Crippen molar-refractivity contribution in [3.05, 3.63) is 40.4 Å². The number of hydrogen-bond donors (Lipinski definition) is 1. The van der Waals surface area contributed by atoms with Gasteiger partial charge in [0.2, 0.25) is 5.82 Å². The van der Waals surface area contributed by atoms with E-state index in [9.17, 15) is 4.39 Å². The lowest BCUT2D eigenvalue weighted by atomic mass is 10.0. The van der Waals surface area contributed by atoms with Crippen molar-refractivity contribution in [3.63, 3.8) is 0 Å². The quantitative estimate of drug-likeness (QED) is 0.599. The van der Waals surface area contributed by atoms with Gasteiger partial charge >= 0.3 is 5.96 Å². The molecule has 0 aromatic heterocycles. The summed E-state index contributed by atoms with van der Waals surface area (Å²) in [6.07, 6.45) is 5.17. The molecule has 3 aliphatic rings. The van der Waals surface area contributed by atoms with Crippen molar-refractivity contribution in [2.45, 2.75) is 17.7 Å². The van der Waals surface area contributed by atoms with Crippen molar-refractivity contribution in [2.75, 3.05) is 13.1 Å². The van der Waals surface area contributed by atoms with Gasteiger partial charge in [0.05, 0.1) is 16.8 Å². The van der Waals surface area contributed by atoms with E-state index in [2.05, 4.69) is 35.9 Å². The molecule has 3 heterocycles. The number of piperidine rings is 1. The number of allylic oxidation sites excluding steroid dienone is 1. The number of halogens is 4. The minimum Gasteiger partial charge on any atom is -1.00 e. The van der Waals surface area contributed by atoms with Gasteiger partial charge in [-0.3, -0.25) is 0 Å². The zero-order chi connectivity index (χ0) is 16.7. The van der Waals surface area contributed by atoms with Crippen molar-refractivity contribution in [1.82, 2.24) is 4.90 Å². The minimum absolute atomic E-state index is 0. The molecule has 0 bridgehead atoms. The molecule has 1 N–H and O–H groups in total. The molecule has 9 heteroatoms. The molecule has 1 unspecified atom stereocenters. The van der Waals surface area contributed by atoms with E-state index in [4.69, 9.17) is 11.6 Å². The molecule has 0 amide bonds. The molecule has 1 saturated heterocycles. The number of rotatable bonds is 2. The number of guanidine groups is 1. The maximum absolute atomic E-state index is 14.5. The summed E-state index contributed by atoms with van der Waals surface area (Å²) in [6.45, 7) is 1.72. The number of quaternary nitrogens is 1. The van der Waals surface area contributed by atoms with Gasteiger partial charge in [0.15, 0.2) is 6.34 Å². The summed E-state index contributed by atoms with van der Waals surface area (Å²) in [5.74, 6) is 1.07. The van der Waals surface area contributed by atoms with Crippen LogP contribution in [0.5, 0.6) is 0 Å². The number of benzene rings is 1. The van der Waals surface area contributed by atoms with E-state index < -0.39 is 0 Å². The van der Waals surface area contributed by atoms with Crippen LogP contribution in [0.25, 0.3) is 5.57 Å². The highest BCUT2D eigenvalue weighted by molar-refractivity contribution is 9.09. The average molecular weight is 447 g/mol. The van der Waals surface area contributed by atoms with Gasteiger partial charge in [-0.15, -0.1) is 0 Å².